The van der Waals surface area contributed by atoms with Gasteiger partial charge >= 0.3 is 5.97 Å². The van der Waals surface area contributed by atoms with E-state index in [1.54, 1.807) is 36.1 Å². The van der Waals surface area contributed by atoms with Crippen LogP contribution in [0, 0.1) is 0 Å². The number of hydrogen-bond acceptors (Lipinski definition) is 3. The molecule has 0 radical (unpaired) electrons. The summed E-state index contributed by atoms with van der Waals surface area (Å²) in [4.78, 5) is 26.9. The number of methoxy groups -OCH3 is 1. The molecule has 26 heavy (non-hydrogen) atoms. The first-order valence-corrected chi connectivity index (χ1v) is 8.51. The molecule has 0 saturated carbocycles. The van der Waals surface area contributed by atoms with E-state index in [2.05, 4.69) is 0 Å². The molecular formula is C21H18ClNO3. The number of carbonyl (C=O) groups is 2. The smallest absolute Gasteiger partial charge is 0.340 e. The van der Waals surface area contributed by atoms with Crippen molar-refractivity contribution < 1.29 is 14.3 Å². The Morgan fingerprint density at radius 2 is 1.88 bits per heavy atom. The molecule has 0 bridgehead atoms. The van der Waals surface area contributed by atoms with Crippen molar-refractivity contribution in [3.05, 3.63) is 87.6 Å². The zero-order chi connectivity index (χ0) is 18.7. The Kier molecular flexibility index (Phi) is 5.24. The van der Waals surface area contributed by atoms with E-state index in [-0.39, 0.29) is 11.5 Å². The van der Waals surface area contributed by atoms with E-state index in [0.29, 0.717) is 22.8 Å². The maximum Gasteiger partial charge on any atom is 0.340 e. The molecule has 3 rings (SSSR count). The maximum atomic E-state index is 13.0. The van der Waals surface area contributed by atoms with Gasteiger partial charge in [0.2, 0.25) is 0 Å². The van der Waals surface area contributed by atoms with Gasteiger partial charge in [-0.05, 0) is 36.3 Å². The zero-order valence-corrected chi connectivity index (χ0v) is 15.3. The lowest BCUT2D eigenvalue weighted by Gasteiger charge is -2.17. The topological polar surface area (TPSA) is 46.6 Å². The third kappa shape index (κ3) is 3.55. The Hall–Kier alpha value is -2.85. The monoisotopic (exact) mass is 367 g/mol. The van der Waals surface area contributed by atoms with Gasteiger partial charge in [-0.25, -0.2) is 4.79 Å². The fourth-order valence-corrected chi connectivity index (χ4v) is 3.15. The van der Waals surface area contributed by atoms with Gasteiger partial charge in [0.25, 0.3) is 5.91 Å². The number of carbonyl (C=O) groups excluding carboxylic acids is 2. The minimum atomic E-state index is -0.528. The predicted molar refractivity (Wildman–Crippen MR) is 101 cm³/mol. The van der Waals surface area contributed by atoms with Crippen LogP contribution in [-0.4, -0.2) is 23.9 Å². The first-order chi connectivity index (χ1) is 12.5. The van der Waals surface area contributed by atoms with Gasteiger partial charge in [-0.2, -0.15) is 0 Å². The van der Waals surface area contributed by atoms with Gasteiger partial charge in [-0.1, -0.05) is 54.1 Å². The lowest BCUT2D eigenvalue weighted by atomic mass is 10.0. The predicted octanol–water partition coefficient (Wildman–Crippen LogP) is 4.21. The lowest BCUT2D eigenvalue weighted by Crippen LogP contribution is -2.24. The number of benzene rings is 2. The van der Waals surface area contributed by atoms with Crippen LogP contribution in [0.2, 0.25) is 5.02 Å². The molecule has 2 aromatic carbocycles. The van der Waals surface area contributed by atoms with E-state index in [4.69, 9.17) is 16.3 Å². The van der Waals surface area contributed by atoms with Crippen molar-refractivity contribution in [1.29, 1.82) is 0 Å². The molecule has 0 atom stereocenters. The molecule has 5 heteroatoms. The van der Waals surface area contributed by atoms with Gasteiger partial charge < -0.3 is 9.64 Å². The van der Waals surface area contributed by atoms with E-state index in [9.17, 15) is 9.59 Å². The Morgan fingerprint density at radius 3 is 2.54 bits per heavy atom. The summed E-state index contributed by atoms with van der Waals surface area (Å²) in [7, 11) is 1.31. The Labute approximate surface area is 157 Å². The lowest BCUT2D eigenvalue weighted by molar-refractivity contribution is -0.136. The molecule has 2 aromatic rings. The fourth-order valence-electron chi connectivity index (χ4n) is 2.95. The number of ether oxygens (including phenoxy) is 1. The first kappa shape index (κ1) is 18.0. The van der Waals surface area contributed by atoms with Crippen LogP contribution < -0.4 is 0 Å². The van der Waals surface area contributed by atoms with Crippen molar-refractivity contribution in [3.63, 3.8) is 0 Å². The Balaban J connectivity index is 2.03. The second kappa shape index (κ2) is 7.58. The standard InChI is InChI=1S/C21H18ClNO3/c1-14-19(21(25)26-2)18(12-16-9-6-10-17(22)11-16)20(24)23(14)13-15-7-4-3-5-8-15/h3-12H,13H2,1-2H3. The number of nitrogens with zero attached hydrogens (tertiary/aromatic N) is 1. The van der Waals surface area contributed by atoms with Crippen LogP contribution >= 0.6 is 11.6 Å². The van der Waals surface area contributed by atoms with Crippen LogP contribution in [0.15, 0.2) is 71.4 Å². The van der Waals surface area contributed by atoms with Crippen LogP contribution in [0.4, 0.5) is 0 Å². The molecule has 1 amide bonds. The molecular weight excluding hydrogens is 350 g/mol. The molecule has 0 fully saturated rings. The molecule has 1 aliphatic heterocycles. The van der Waals surface area contributed by atoms with Crippen LogP contribution in [0.1, 0.15) is 18.1 Å². The molecule has 0 spiro atoms. The van der Waals surface area contributed by atoms with Gasteiger partial charge in [0.1, 0.15) is 0 Å². The van der Waals surface area contributed by atoms with E-state index in [0.717, 1.165) is 11.1 Å². The van der Waals surface area contributed by atoms with E-state index in [1.807, 2.05) is 36.4 Å². The SMILES string of the molecule is COC(=O)C1=C(C)N(Cc2ccccc2)C(=O)C1=Cc1cccc(Cl)c1. The summed E-state index contributed by atoms with van der Waals surface area (Å²) in [6.07, 6.45) is 1.68. The summed E-state index contributed by atoms with van der Waals surface area (Å²) < 4.78 is 4.90. The first-order valence-electron chi connectivity index (χ1n) is 8.14. The second-order valence-electron chi connectivity index (χ2n) is 5.94. The molecule has 1 aliphatic rings. The van der Waals surface area contributed by atoms with E-state index < -0.39 is 5.97 Å². The molecule has 0 unspecified atom stereocenters. The highest BCUT2D eigenvalue weighted by atomic mass is 35.5. The van der Waals surface area contributed by atoms with E-state index in [1.165, 1.54) is 7.11 Å². The van der Waals surface area contributed by atoms with Crippen LogP contribution in [0.25, 0.3) is 6.08 Å². The number of rotatable bonds is 4. The maximum absolute atomic E-state index is 13.0. The van der Waals surface area contributed by atoms with Crippen molar-refractivity contribution in [3.8, 4) is 0 Å². The summed E-state index contributed by atoms with van der Waals surface area (Å²) in [5, 5.41) is 0.561. The second-order valence-corrected chi connectivity index (χ2v) is 6.38. The molecule has 4 nitrogen and oxygen atoms in total. The third-order valence-electron chi connectivity index (χ3n) is 4.24. The summed E-state index contributed by atoms with van der Waals surface area (Å²) >= 11 is 6.03. The highest BCUT2D eigenvalue weighted by Crippen LogP contribution is 2.33. The fraction of sp³-hybridized carbons (Fsp3) is 0.143. The zero-order valence-electron chi connectivity index (χ0n) is 14.5. The average Bonchev–Trinajstić information content (AvgIpc) is 2.86. The quantitative estimate of drug-likeness (QED) is 0.600. The van der Waals surface area contributed by atoms with Crippen molar-refractivity contribution in [2.75, 3.05) is 7.11 Å². The Morgan fingerprint density at radius 1 is 1.15 bits per heavy atom. The molecule has 0 N–H and O–H groups in total. The summed E-state index contributed by atoms with van der Waals surface area (Å²) in [5.74, 6) is -0.758. The van der Waals surface area contributed by atoms with Crippen LogP contribution in [-0.2, 0) is 20.9 Å². The largest absolute Gasteiger partial charge is 0.465 e. The van der Waals surface area contributed by atoms with Crippen molar-refractivity contribution >= 4 is 29.6 Å². The summed E-state index contributed by atoms with van der Waals surface area (Å²) in [6, 6.07) is 16.8. The highest BCUT2D eigenvalue weighted by molar-refractivity contribution is 6.30. The van der Waals surface area contributed by atoms with Gasteiger partial charge in [-0.3, -0.25) is 4.79 Å². The van der Waals surface area contributed by atoms with E-state index >= 15 is 0 Å². The molecule has 132 valence electrons. The molecule has 0 aliphatic carbocycles. The van der Waals surface area contributed by atoms with Gasteiger partial charge in [0.05, 0.1) is 24.8 Å². The minimum Gasteiger partial charge on any atom is -0.465 e. The molecule has 0 saturated heterocycles. The normalized spacial score (nSPS) is 15.7. The summed E-state index contributed by atoms with van der Waals surface area (Å²) in [5.41, 5.74) is 2.91. The highest BCUT2D eigenvalue weighted by Gasteiger charge is 2.36. The van der Waals surface area contributed by atoms with Crippen molar-refractivity contribution in [1.82, 2.24) is 4.90 Å². The van der Waals surface area contributed by atoms with Crippen molar-refractivity contribution in [2.45, 2.75) is 13.5 Å². The number of allylic oxidation sites excluding steroid dienone is 1. The number of hydrogen-bond donors (Lipinski definition) is 0. The van der Waals surface area contributed by atoms with Crippen LogP contribution in [0.3, 0.4) is 0 Å². The Bertz CT molecular complexity index is 916. The van der Waals surface area contributed by atoms with Crippen LogP contribution in [0.5, 0.6) is 0 Å². The van der Waals surface area contributed by atoms with Gasteiger partial charge in [0, 0.05) is 10.7 Å². The number of halogens is 1. The van der Waals surface area contributed by atoms with Gasteiger partial charge in [0.15, 0.2) is 0 Å². The number of amides is 1. The molecule has 1 heterocycles. The average molecular weight is 368 g/mol. The molecule has 0 aromatic heterocycles. The van der Waals surface area contributed by atoms with Crippen molar-refractivity contribution in [2.24, 2.45) is 0 Å². The summed E-state index contributed by atoms with van der Waals surface area (Å²) in [6.45, 7) is 2.14. The number of esters is 1. The minimum absolute atomic E-state index is 0.230. The van der Waals surface area contributed by atoms with Gasteiger partial charge in [-0.15, -0.1) is 0 Å². The third-order valence-corrected chi connectivity index (χ3v) is 4.48.